The van der Waals surface area contributed by atoms with Crippen molar-refractivity contribution < 1.29 is 8.42 Å². The van der Waals surface area contributed by atoms with Gasteiger partial charge in [0.05, 0.1) is 6.54 Å². The van der Waals surface area contributed by atoms with E-state index in [4.69, 9.17) is 11.6 Å². The Morgan fingerprint density at radius 3 is 2.45 bits per heavy atom. The number of nitrogens with two attached hydrogens (primary N) is 1. The summed E-state index contributed by atoms with van der Waals surface area (Å²) in [6, 6.07) is 0. The molecule has 0 amide bonds. The Labute approximate surface area is 67.6 Å². The zero-order chi connectivity index (χ0) is 8.91. The molecule has 0 aliphatic rings. The van der Waals surface area contributed by atoms with Crippen LogP contribution >= 0.6 is 0 Å². The molecule has 0 aliphatic carbocycles. The van der Waals surface area contributed by atoms with Crippen molar-refractivity contribution >= 4 is 10.2 Å². The minimum atomic E-state index is -3.60. The summed E-state index contributed by atoms with van der Waals surface area (Å²) < 4.78 is 22.5. The average Bonchev–Trinajstić information content (AvgIpc) is 1.85. The van der Waals surface area contributed by atoms with E-state index >= 15 is 0 Å². The largest absolute Gasteiger partial charge is 0.277 e. The third-order valence-electron chi connectivity index (χ3n) is 1.10. The van der Waals surface area contributed by atoms with Gasteiger partial charge in [-0.3, -0.25) is 0 Å². The third-order valence-corrected chi connectivity index (χ3v) is 2.13. The monoisotopic (exact) mass is 176 g/mol. The van der Waals surface area contributed by atoms with Crippen molar-refractivity contribution in [3.63, 3.8) is 0 Å². The molecule has 5 heteroatoms. The van der Waals surface area contributed by atoms with E-state index in [1.54, 1.807) is 0 Å². The van der Waals surface area contributed by atoms with Crippen LogP contribution in [-0.4, -0.2) is 25.8 Å². The van der Waals surface area contributed by atoms with Crippen LogP contribution in [0.3, 0.4) is 0 Å². The Morgan fingerprint density at radius 1 is 1.64 bits per heavy atom. The molecule has 0 fully saturated rings. The summed E-state index contributed by atoms with van der Waals surface area (Å²) in [5.74, 6) is 2.23. The molecule has 0 aromatic heterocycles. The normalized spacial score (nSPS) is 11.5. The first-order valence-corrected chi connectivity index (χ1v) is 4.74. The Balaban J connectivity index is 4.25. The van der Waals surface area contributed by atoms with Crippen LogP contribution in [0.2, 0.25) is 0 Å². The highest BCUT2D eigenvalue weighted by atomic mass is 32.2. The highest BCUT2D eigenvalue weighted by Gasteiger charge is 2.13. The summed E-state index contributed by atoms with van der Waals surface area (Å²) in [5.41, 5.74) is 0. The van der Waals surface area contributed by atoms with E-state index in [0.29, 0.717) is 13.0 Å². The lowest BCUT2D eigenvalue weighted by Crippen LogP contribution is -2.37. The van der Waals surface area contributed by atoms with Crippen molar-refractivity contribution in [2.45, 2.75) is 13.3 Å². The van der Waals surface area contributed by atoms with Crippen LogP contribution < -0.4 is 5.14 Å². The number of hydrogen-bond acceptors (Lipinski definition) is 2. The molecule has 0 bridgehead atoms. The summed E-state index contributed by atoms with van der Waals surface area (Å²) in [6.45, 7) is 2.28. The summed E-state index contributed by atoms with van der Waals surface area (Å²) in [7, 11) is -3.60. The van der Waals surface area contributed by atoms with Crippen LogP contribution in [0.1, 0.15) is 13.3 Å². The number of hydrogen-bond donors (Lipinski definition) is 1. The zero-order valence-corrected chi connectivity index (χ0v) is 7.26. The average molecular weight is 176 g/mol. The molecule has 64 valence electrons. The fourth-order valence-corrected chi connectivity index (χ4v) is 1.34. The maximum absolute atomic E-state index is 10.7. The van der Waals surface area contributed by atoms with Crippen LogP contribution in [0.15, 0.2) is 0 Å². The predicted molar refractivity (Wildman–Crippen MR) is 43.8 cm³/mol. The van der Waals surface area contributed by atoms with E-state index in [1.807, 2.05) is 6.92 Å². The second-order valence-corrected chi connectivity index (χ2v) is 3.63. The molecule has 4 nitrogen and oxygen atoms in total. The van der Waals surface area contributed by atoms with Gasteiger partial charge in [0.25, 0.3) is 10.2 Å². The van der Waals surface area contributed by atoms with Gasteiger partial charge in [-0.05, 0) is 6.42 Å². The summed E-state index contributed by atoms with van der Waals surface area (Å²) in [5, 5.41) is 4.85. The fraction of sp³-hybridized carbons (Fsp3) is 0.667. The highest BCUT2D eigenvalue weighted by molar-refractivity contribution is 7.86. The number of rotatable bonds is 4. The predicted octanol–water partition coefficient (Wildman–Crippen LogP) is -0.465. The minimum Gasteiger partial charge on any atom is -0.216 e. The Bertz CT molecular complexity index is 240. The van der Waals surface area contributed by atoms with Gasteiger partial charge in [0, 0.05) is 6.54 Å². The lowest BCUT2D eigenvalue weighted by molar-refractivity contribution is 0.447. The lowest BCUT2D eigenvalue weighted by Gasteiger charge is -2.14. The molecular formula is C6H12N2O2S. The van der Waals surface area contributed by atoms with E-state index in [-0.39, 0.29) is 6.54 Å². The van der Waals surface area contributed by atoms with E-state index in [0.717, 1.165) is 4.31 Å². The van der Waals surface area contributed by atoms with E-state index in [9.17, 15) is 8.42 Å². The van der Waals surface area contributed by atoms with E-state index in [2.05, 4.69) is 5.92 Å². The van der Waals surface area contributed by atoms with Crippen molar-refractivity contribution in [1.82, 2.24) is 4.31 Å². The van der Waals surface area contributed by atoms with Gasteiger partial charge in [0.15, 0.2) is 0 Å². The second kappa shape index (κ2) is 4.34. The first-order chi connectivity index (χ1) is 5.02. The third kappa shape index (κ3) is 3.98. The second-order valence-electron chi connectivity index (χ2n) is 2.08. The van der Waals surface area contributed by atoms with Crippen LogP contribution in [-0.2, 0) is 10.2 Å². The molecule has 0 saturated carbocycles. The standard InChI is InChI=1S/C6H12N2O2S/c1-3-5-8(6-4-2)11(7,9)10/h1H,4-6H2,2H3,(H2,7,9,10). The molecular weight excluding hydrogens is 164 g/mol. The van der Waals surface area contributed by atoms with Gasteiger partial charge < -0.3 is 0 Å². The van der Waals surface area contributed by atoms with Gasteiger partial charge in [-0.15, -0.1) is 6.42 Å². The molecule has 0 radical (unpaired) electrons. The maximum Gasteiger partial charge on any atom is 0.277 e. The van der Waals surface area contributed by atoms with Crippen LogP contribution in [0.5, 0.6) is 0 Å². The molecule has 0 atom stereocenters. The zero-order valence-electron chi connectivity index (χ0n) is 6.45. The van der Waals surface area contributed by atoms with Crippen molar-refractivity contribution in [2.24, 2.45) is 5.14 Å². The first kappa shape index (κ1) is 10.4. The number of nitrogens with zero attached hydrogens (tertiary/aromatic N) is 1. The van der Waals surface area contributed by atoms with Crippen molar-refractivity contribution in [3.05, 3.63) is 0 Å². The molecule has 0 unspecified atom stereocenters. The SMILES string of the molecule is C#CCN(CCC)S(N)(=O)=O. The van der Waals surface area contributed by atoms with Crippen LogP contribution in [0.25, 0.3) is 0 Å². The molecule has 0 heterocycles. The van der Waals surface area contributed by atoms with Crippen LogP contribution in [0.4, 0.5) is 0 Å². The quantitative estimate of drug-likeness (QED) is 0.589. The Kier molecular flexibility index (Phi) is 4.11. The highest BCUT2D eigenvalue weighted by Crippen LogP contribution is 1.94. The van der Waals surface area contributed by atoms with E-state index < -0.39 is 10.2 Å². The van der Waals surface area contributed by atoms with Gasteiger partial charge in [-0.25, -0.2) is 5.14 Å². The minimum absolute atomic E-state index is 0.0483. The van der Waals surface area contributed by atoms with Gasteiger partial charge in [0.2, 0.25) is 0 Å². The van der Waals surface area contributed by atoms with Crippen molar-refractivity contribution in [2.75, 3.05) is 13.1 Å². The molecule has 0 aromatic carbocycles. The topological polar surface area (TPSA) is 63.4 Å². The van der Waals surface area contributed by atoms with Gasteiger partial charge in [-0.1, -0.05) is 12.8 Å². The van der Waals surface area contributed by atoms with Crippen molar-refractivity contribution in [3.8, 4) is 12.3 Å². The van der Waals surface area contributed by atoms with Crippen molar-refractivity contribution in [1.29, 1.82) is 0 Å². The van der Waals surface area contributed by atoms with Gasteiger partial charge in [-0.2, -0.15) is 12.7 Å². The number of terminal acetylenes is 1. The van der Waals surface area contributed by atoms with E-state index in [1.165, 1.54) is 0 Å². The molecule has 0 spiro atoms. The summed E-state index contributed by atoms with van der Waals surface area (Å²) >= 11 is 0. The Hall–Kier alpha value is -0.570. The summed E-state index contributed by atoms with van der Waals surface area (Å²) in [4.78, 5) is 0. The molecule has 0 aliphatic heterocycles. The Morgan fingerprint density at radius 2 is 2.18 bits per heavy atom. The fourth-order valence-electron chi connectivity index (χ4n) is 0.647. The van der Waals surface area contributed by atoms with Gasteiger partial charge >= 0.3 is 0 Å². The molecule has 11 heavy (non-hydrogen) atoms. The molecule has 0 saturated heterocycles. The molecule has 2 N–H and O–H groups in total. The maximum atomic E-state index is 10.7. The molecule has 0 rings (SSSR count). The summed E-state index contributed by atoms with van der Waals surface area (Å²) in [6.07, 6.45) is 5.65. The van der Waals surface area contributed by atoms with Gasteiger partial charge in [0.1, 0.15) is 0 Å². The molecule has 0 aromatic rings. The smallest absolute Gasteiger partial charge is 0.216 e. The van der Waals surface area contributed by atoms with Crippen LogP contribution in [0, 0.1) is 12.3 Å². The first-order valence-electron chi connectivity index (χ1n) is 3.23. The lowest BCUT2D eigenvalue weighted by atomic mass is 10.5.